The minimum absolute atomic E-state index is 0.164. The molecular weight excluding hydrogens is 266 g/mol. The zero-order chi connectivity index (χ0) is 15.6. The molecule has 2 aromatic heterocycles. The van der Waals surface area contributed by atoms with Gasteiger partial charge in [-0.05, 0) is 19.1 Å². The van der Waals surface area contributed by atoms with Gasteiger partial charge in [-0.25, -0.2) is 4.98 Å². The van der Waals surface area contributed by atoms with Crippen LogP contribution in [0.4, 0.5) is 0 Å². The number of nitrogens with one attached hydrogen (secondary N) is 1. The Morgan fingerprint density at radius 2 is 2.00 bits per heavy atom. The van der Waals surface area contributed by atoms with E-state index in [0.717, 1.165) is 11.4 Å². The zero-order valence-electron chi connectivity index (χ0n) is 13.1. The quantitative estimate of drug-likeness (QED) is 0.937. The van der Waals surface area contributed by atoms with Gasteiger partial charge in [0.25, 0.3) is 5.91 Å². The number of hydrogen-bond donors (Lipinski definition) is 1. The van der Waals surface area contributed by atoms with Crippen molar-refractivity contribution in [1.82, 2.24) is 25.1 Å². The van der Waals surface area contributed by atoms with Gasteiger partial charge in [0.15, 0.2) is 0 Å². The van der Waals surface area contributed by atoms with Gasteiger partial charge in [-0.2, -0.15) is 0 Å². The summed E-state index contributed by atoms with van der Waals surface area (Å²) in [7, 11) is 1.72. The summed E-state index contributed by atoms with van der Waals surface area (Å²) in [5.41, 5.74) is 1.61. The van der Waals surface area contributed by atoms with Gasteiger partial charge in [-0.1, -0.05) is 26.8 Å². The Morgan fingerprint density at radius 3 is 2.57 bits per heavy atom. The molecule has 1 N–H and O–H groups in total. The molecule has 0 bridgehead atoms. The van der Waals surface area contributed by atoms with E-state index >= 15 is 0 Å². The van der Waals surface area contributed by atoms with E-state index in [1.54, 1.807) is 11.9 Å². The summed E-state index contributed by atoms with van der Waals surface area (Å²) in [6.07, 6.45) is 0. The van der Waals surface area contributed by atoms with E-state index in [1.807, 2.05) is 45.9 Å². The third-order valence-electron chi connectivity index (χ3n) is 3.08. The highest BCUT2D eigenvalue weighted by molar-refractivity contribution is 5.90. The second kappa shape index (κ2) is 5.63. The minimum atomic E-state index is -0.218. The van der Waals surface area contributed by atoms with Crippen molar-refractivity contribution in [3.05, 3.63) is 41.2 Å². The van der Waals surface area contributed by atoms with E-state index in [-0.39, 0.29) is 17.1 Å². The van der Waals surface area contributed by atoms with Crippen LogP contribution in [0.25, 0.3) is 0 Å². The molecule has 2 aromatic rings. The van der Waals surface area contributed by atoms with Crippen molar-refractivity contribution in [2.24, 2.45) is 0 Å². The number of pyridine rings is 1. The maximum atomic E-state index is 12.3. The fraction of sp³-hybridized carbons (Fsp3) is 0.467. The molecule has 6 heteroatoms. The van der Waals surface area contributed by atoms with Crippen LogP contribution in [0.3, 0.4) is 0 Å². The second-order valence-electron chi connectivity index (χ2n) is 6.19. The Balaban J connectivity index is 2.11. The Morgan fingerprint density at radius 1 is 1.29 bits per heavy atom. The molecule has 6 nitrogen and oxygen atoms in total. The van der Waals surface area contributed by atoms with Gasteiger partial charge in [-0.3, -0.25) is 14.9 Å². The number of hydrogen-bond acceptors (Lipinski definition) is 4. The van der Waals surface area contributed by atoms with Gasteiger partial charge in [0, 0.05) is 18.2 Å². The summed E-state index contributed by atoms with van der Waals surface area (Å²) in [5, 5.41) is 6.85. The largest absolute Gasteiger partial charge is 0.333 e. The topological polar surface area (TPSA) is 74.8 Å². The summed E-state index contributed by atoms with van der Waals surface area (Å²) < 4.78 is 0. The Bertz CT molecular complexity index is 642. The maximum Gasteiger partial charge on any atom is 0.293 e. The Kier molecular flexibility index (Phi) is 4.06. The van der Waals surface area contributed by atoms with Crippen LogP contribution in [-0.2, 0) is 12.0 Å². The van der Waals surface area contributed by atoms with Crippen molar-refractivity contribution in [3.63, 3.8) is 0 Å². The summed E-state index contributed by atoms with van der Waals surface area (Å²) in [5.74, 6) is 0.674. The number of amides is 1. The normalized spacial score (nSPS) is 11.5. The summed E-state index contributed by atoms with van der Waals surface area (Å²) >= 11 is 0. The van der Waals surface area contributed by atoms with Crippen molar-refractivity contribution < 1.29 is 4.79 Å². The van der Waals surface area contributed by atoms with Crippen LogP contribution in [-0.4, -0.2) is 38.0 Å². The lowest BCUT2D eigenvalue weighted by Crippen LogP contribution is -2.27. The van der Waals surface area contributed by atoms with Crippen molar-refractivity contribution in [1.29, 1.82) is 0 Å². The molecule has 0 unspecified atom stereocenters. The van der Waals surface area contributed by atoms with Crippen LogP contribution in [0.1, 0.15) is 48.6 Å². The highest BCUT2D eigenvalue weighted by Gasteiger charge is 2.23. The molecule has 0 aromatic carbocycles. The van der Waals surface area contributed by atoms with Crippen LogP contribution < -0.4 is 0 Å². The van der Waals surface area contributed by atoms with Crippen molar-refractivity contribution in [2.45, 2.75) is 39.7 Å². The van der Waals surface area contributed by atoms with E-state index in [0.29, 0.717) is 12.4 Å². The Hall–Kier alpha value is -2.24. The number of carbonyl (C=O) groups excluding carboxylic acids is 1. The fourth-order valence-corrected chi connectivity index (χ4v) is 1.87. The van der Waals surface area contributed by atoms with Crippen LogP contribution in [0.2, 0.25) is 0 Å². The first-order chi connectivity index (χ1) is 9.77. The molecule has 2 heterocycles. The van der Waals surface area contributed by atoms with Gasteiger partial charge in [-0.15, -0.1) is 5.10 Å². The molecule has 21 heavy (non-hydrogen) atoms. The molecule has 112 valence electrons. The average Bonchev–Trinajstić information content (AvgIpc) is 2.87. The lowest BCUT2D eigenvalue weighted by molar-refractivity contribution is 0.0771. The molecule has 0 aliphatic carbocycles. The van der Waals surface area contributed by atoms with E-state index in [9.17, 15) is 4.79 Å². The predicted molar refractivity (Wildman–Crippen MR) is 79.9 cm³/mol. The van der Waals surface area contributed by atoms with E-state index in [4.69, 9.17) is 0 Å². The molecule has 0 atom stereocenters. The lowest BCUT2D eigenvalue weighted by Gasteiger charge is -2.15. The fourth-order valence-electron chi connectivity index (χ4n) is 1.87. The van der Waals surface area contributed by atoms with Crippen molar-refractivity contribution in [3.8, 4) is 0 Å². The summed E-state index contributed by atoms with van der Waals surface area (Å²) in [4.78, 5) is 22.6. The number of aromatic nitrogens is 4. The van der Waals surface area contributed by atoms with E-state index in [2.05, 4.69) is 20.2 Å². The number of aromatic amines is 1. The van der Waals surface area contributed by atoms with E-state index < -0.39 is 0 Å². The van der Waals surface area contributed by atoms with Crippen LogP contribution in [0.5, 0.6) is 0 Å². The van der Waals surface area contributed by atoms with Gasteiger partial charge in [0.05, 0.1) is 12.2 Å². The summed E-state index contributed by atoms with van der Waals surface area (Å²) in [6.45, 7) is 8.41. The van der Waals surface area contributed by atoms with Gasteiger partial charge >= 0.3 is 0 Å². The summed E-state index contributed by atoms with van der Waals surface area (Å²) in [6, 6.07) is 5.76. The Labute approximate surface area is 124 Å². The predicted octanol–water partition coefficient (Wildman–Crippen LogP) is 2.08. The number of carbonyl (C=O) groups is 1. The molecule has 0 saturated carbocycles. The highest BCUT2D eigenvalue weighted by atomic mass is 16.2. The second-order valence-corrected chi connectivity index (χ2v) is 6.19. The smallest absolute Gasteiger partial charge is 0.293 e. The molecule has 1 amide bonds. The van der Waals surface area contributed by atoms with Crippen molar-refractivity contribution in [2.75, 3.05) is 7.05 Å². The van der Waals surface area contributed by atoms with Crippen LogP contribution in [0, 0.1) is 6.92 Å². The first-order valence-corrected chi connectivity index (χ1v) is 6.88. The lowest BCUT2D eigenvalue weighted by atomic mass is 9.96. The molecular formula is C15H21N5O. The van der Waals surface area contributed by atoms with Gasteiger partial charge in [0.2, 0.25) is 5.82 Å². The molecule has 2 rings (SSSR count). The standard InChI is InChI=1S/C15H21N5O/c1-10-7-6-8-11(16-10)9-20(5)13(21)12-17-14(19-18-12)15(2,3)4/h6-8H,9H2,1-5H3,(H,17,18,19). The SMILES string of the molecule is Cc1cccc(CN(C)C(=O)c2n[nH]c(C(C)(C)C)n2)n1. The zero-order valence-corrected chi connectivity index (χ0v) is 13.1. The number of rotatable bonds is 3. The van der Waals surface area contributed by atoms with Crippen molar-refractivity contribution >= 4 is 5.91 Å². The average molecular weight is 287 g/mol. The monoisotopic (exact) mass is 287 g/mol. The third kappa shape index (κ3) is 3.65. The molecule has 0 saturated heterocycles. The molecule has 0 fully saturated rings. The molecule has 0 aliphatic heterocycles. The number of H-pyrrole nitrogens is 1. The third-order valence-corrected chi connectivity index (χ3v) is 3.08. The van der Waals surface area contributed by atoms with Crippen LogP contribution in [0.15, 0.2) is 18.2 Å². The minimum Gasteiger partial charge on any atom is -0.333 e. The molecule has 0 spiro atoms. The van der Waals surface area contributed by atoms with Crippen LogP contribution >= 0.6 is 0 Å². The highest BCUT2D eigenvalue weighted by Crippen LogP contribution is 2.17. The molecule has 0 aliphatic rings. The maximum absolute atomic E-state index is 12.3. The first-order valence-electron chi connectivity index (χ1n) is 6.88. The molecule has 0 radical (unpaired) electrons. The first kappa shape index (κ1) is 15.2. The number of nitrogens with zero attached hydrogens (tertiary/aromatic N) is 4. The number of aryl methyl sites for hydroxylation is 1. The van der Waals surface area contributed by atoms with Gasteiger partial charge in [0.1, 0.15) is 5.82 Å². The van der Waals surface area contributed by atoms with Gasteiger partial charge < -0.3 is 4.90 Å². The van der Waals surface area contributed by atoms with E-state index in [1.165, 1.54) is 0 Å².